The molecular formula is C13H30N2. The molecule has 0 aromatic heterocycles. The van der Waals surface area contributed by atoms with Gasteiger partial charge in [0.2, 0.25) is 0 Å². The van der Waals surface area contributed by atoms with Crippen LogP contribution >= 0.6 is 0 Å². The molecule has 92 valence electrons. The minimum atomic E-state index is 0.230. The van der Waals surface area contributed by atoms with Gasteiger partial charge in [0.25, 0.3) is 0 Å². The summed E-state index contributed by atoms with van der Waals surface area (Å²) in [6.45, 7) is 15.6. The first kappa shape index (κ1) is 14.9. The predicted octanol–water partition coefficient (Wildman–Crippen LogP) is 2.93. The summed E-state index contributed by atoms with van der Waals surface area (Å²) in [5.74, 6) is 0. The van der Waals surface area contributed by atoms with Gasteiger partial charge in [-0.1, -0.05) is 13.8 Å². The molecule has 0 aromatic rings. The van der Waals surface area contributed by atoms with E-state index in [1.54, 1.807) is 0 Å². The summed E-state index contributed by atoms with van der Waals surface area (Å²) in [6.07, 6.45) is 2.47. The third kappa shape index (κ3) is 10.2. The highest BCUT2D eigenvalue weighted by atomic mass is 15.0. The molecule has 1 unspecified atom stereocenters. The highest BCUT2D eigenvalue weighted by Gasteiger charge is 2.14. The van der Waals surface area contributed by atoms with Gasteiger partial charge in [-0.15, -0.1) is 0 Å². The van der Waals surface area contributed by atoms with Crippen LogP contribution in [0.5, 0.6) is 0 Å². The normalized spacial score (nSPS) is 16.8. The number of hydrogen-bond acceptors (Lipinski definition) is 2. The summed E-state index contributed by atoms with van der Waals surface area (Å²) >= 11 is 0. The molecule has 0 saturated heterocycles. The largest absolute Gasteiger partial charge is 0.312 e. The highest BCUT2D eigenvalue weighted by Crippen LogP contribution is 2.07. The van der Waals surface area contributed by atoms with Crippen molar-refractivity contribution in [3.63, 3.8) is 0 Å². The third-order valence-electron chi connectivity index (χ3n) is 2.33. The SMILES string of the molecule is CC(C)NC(C)CC[C@@H](C)NC(C)(C)C. The first-order valence-corrected chi connectivity index (χ1v) is 6.24. The minimum Gasteiger partial charge on any atom is -0.312 e. The third-order valence-corrected chi connectivity index (χ3v) is 2.33. The van der Waals surface area contributed by atoms with E-state index in [1.165, 1.54) is 12.8 Å². The zero-order valence-corrected chi connectivity index (χ0v) is 11.6. The van der Waals surface area contributed by atoms with Gasteiger partial charge < -0.3 is 10.6 Å². The summed E-state index contributed by atoms with van der Waals surface area (Å²) in [5, 5.41) is 7.13. The fourth-order valence-electron chi connectivity index (χ4n) is 1.96. The molecule has 0 aromatic carbocycles. The Morgan fingerprint density at radius 2 is 1.33 bits per heavy atom. The number of rotatable bonds is 6. The van der Waals surface area contributed by atoms with Crippen LogP contribution in [0, 0.1) is 0 Å². The number of nitrogens with one attached hydrogen (secondary N) is 2. The fourth-order valence-corrected chi connectivity index (χ4v) is 1.96. The molecule has 0 aliphatic carbocycles. The maximum atomic E-state index is 3.60. The standard InChI is InChI=1S/C13H30N2/c1-10(2)14-11(3)8-9-12(4)15-13(5,6)7/h10-12,14-15H,8-9H2,1-7H3/t11?,12-/m1/s1. The molecule has 2 heteroatoms. The molecule has 0 aliphatic rings. The summed E-state index contributed by atoms with van der Waals surface area (Å²) in [4.78, 5) is 0. The zero-order chi connectivity index (χ0) is 12.1. The average Bonchev–Trinajstić information content (AvgIpc) is 1.96. The Labute approximate surface area is 96.2 Å². The van der Waals surface area contributed by atoms with Crippen LogP contribution in [0.25, 0.3) is 0 Å². The van der Waals surface area contributed by atoms with E-state index in [0.717, 1.165) is 0 Å². The molecule has 0 spiro atoms. The Hall–Kier alpha value is -0.0800. The lowest BCUT2D eigenvalue weighted by Gasteiger charge is -2.27. The lowest BCUT2D eigenvalue weighted by Crippen LogP contribution is -2.43. The first-order valence-electron chi connectivity index (χ1n) is 6.24. The van der Waals surface area contributed by atoms with Crippen LogP contribution in [0.4, 0.5) is 0 Å². The first-order chi connectivity index (χ1) is 6.70. The van der Waals surface area contributed by atoms with Gasteiger partial charge in [0.05, 0.1) is 0 Å². The van der Waals surface area contributed by atoms with E-state index >= 15 is 0 Å². The summed E-state index contributed by atoms with van der Waals surface area (Å²) in [5.41, 5.74) is 0.230. The van der Waals surface area contributed by atoms with E-state index in [2.05, 4.69) is 59.1 Å². The molecular weight excluding hydrogens is 184 g/mol. The summed E-state index contributed by atoms with van der Waals surface area (Å²) in [6, 6.07) is 1.81. The Morgan fingerprint density at radius 1 is 0.867 bits per heavy atom. The maximum Gasteiger partial charge on any atom is 0.00989 e. The van der Waals surface area contributed by atoms with E-state index in [1.807, 2.05) is 0 Å². The maximum absolute atomic E-state index is 3.60. The molecule has 2 atom stereocenters. The van der Waals surface area contributed by atoms with E-state index in [9.17, 15) is 0 Å². The molecule has 0 fully saturated rings. The van der Waals surface area contributed by atoms with Crippen molar-refractivity contribution in [1.82, 2.24) is 10.6 Å². The predicted molar refractivity (Wildman–Crippen MR) is 69.3 cm³/mol. The van der Waals surface area contributed by atoms with E-state index in [0.29, 0.717) is 18.1 Å². The monoisotopic (exact) mass is 214 g/mol. The smallest absolute Gasteiger partial charge is 0.00989 e. The van der Waals surface area contributed by atoms with Crippen LogP contribution in [0.1, 0.15) is 61.3 Å². The van der Waals surface area contributed by atoms with Gasteiger partial charge >= 0.3 is 0 Å². The van der Waals surface area contributed by atoms with Gasteiger partial charge in [-0.2, -0.15) is 0 Å². The van der Waals surface area contributed by atoms with Crippen LogP contribution in [0.3, 0.4) is 0 Å². The van der Waals surface area contributed by atoms with Gasteiger partial charge in [0, 0.05) is 23.7 Å². The Balaban J connectivity index is 3.66. The van der Waals surface area contributed by atoms with Crippen LogP contribution in [0.15, 0.2) is 0 Å². The van der Waals surface area contributed by atoms with Crippen molar-refractivity contribution >= 4 is 0 Å². The second kappa shape index (κ2) is 6.49. The molecule has 2 nitrogen and oxygen atoms in total. The lowest BCUT2D eigenvalue weighted by molar-refractivity contribution is 0.340. The van der Waals surface area contributed by atoms with Crippen LogP contribution in [-0.2, 0) is 0 Å². The average molecular weight is 214 g/mol. The molecule has 0 radical (unpaired) electrons. The van der Waals surface area contributed by atoms with Gasteiger partial charge in [-0.3, -0.25) is 0 Å². The van der Waals surface area contributed by atoms with E-state index in [-0.39, 0.29) is 5.54 Å². The molecule has 0 rings (SSSR count). The van der Waals surface area contributed by atoms with Crippen molar-refractivity contribution in [2.45, 2.75) is 85.0 Å². The van der Waals surface area contributed by atoms with Crippen molar-refractivity contribution in [1.29, 1.82) is 0 Å². The fraction of sp³-hybridized carbons (Fsp3) is 1.00. The zero-order valence-electron chi connectivity index (χ0n) is 11.6. The van der Waals surface area contributed by atoms with E-state index in [4.69, 9.17) is 0 Å². The molecule has 0 amide bonds. The topological polar surface area (TPSA) is 24.1 Å². The summed E-state index contributed by atoms with van der Waals surface area (Å²) < 4.78 is 0. The van der Waals surface area contributed by atoms with Crippen molar-refractivity contribution < 1.29 is 0 Å². The van der Waals surface area contributed by atoms with Crippen molar-refractivity contribution in [2.24, 2.45) is 0 Å². The van der Waals surface area contributed by atoms with Crippen LogP contribution in [-0.4, -0.2) is 23.7 Å². The van der Waals surface area contributed by atoms with E-state index < -0.39 is 0 Å². The van der Waals surface area contributed by atoms with Gasteiger partial charge in [0.15, 0.2) is 0 Å². The highest BCUT2D eigenvalue weighted by molar-refractivity contribution is 4.76. The molecule has 15 heavy (non-hydrogen) atoms. The molecule has 0 bridgehead atoms. The molecule has 2 N–H and O–H groups in total. The van der Waals surface area contributed by atoms with Crippen molar-refractivity contribution in [3.05, 3.63) is 0 Å². The van der Waals surface area contributed by atoms with Gasteiger partial charge in [-0.05, 0) is 47.5 Å². The molecule has 0 heterocycles. The molecule has 0 saturated carbocycles. The molecule has 0 aliphatic heterocycles. The minimum absolute atomic E-state index is 0.230. The van der Waals surface area contributed by atoms with Gasteiger partial charge in [-0.25, -0.2) is 0 Å². The quantitative estimate of drug-likeness (QED) is 0.710. The second-order valence-corrected chi connectivity index (χ2v) is 6.10. The van der Waals surface area contributed by atoms with Crippen LogP contribution in [0.2, 0.25) is 0 Å². The Morgan fingerprint density at radius 3 is 1.73 bits per heavy atom. The van der Waals surface area contributed by atoms with Crippen LogP contribution < -0.4 is 10.6 Å². The van der Waals surface area contributed by atoms with Gasteiger partial charge in [0.1, 0.15) is 0 Å². The second-order valence-electron chi connectivity index (χ2n) is 6.10. The number of hydrogen-bond donors (Lipinski definition) is 2. The lowest BCUT2D eigenvalue weighted by atomic mass is 10.0. The Bertz CT molecular complexity index is 158. The van der Waals surface area contributed by atoms with Crippen molar-refractivity contribution in [3.8, 4) is 0 Å². The summed E-state index contributed by atoms with van der Waals surface area (Å²) in [7, 11) is 0. The Kier molecular flexibility index (Phi) is 6.46. The van der Waals surface area contributed by atoms with Crippen molar-refractivity contribution in [2.75, 3.05) is 0 Å².